The number of carbonyl (C=O) groups excluding carboxylic acids is 1. The summed E-state index contributed by atoms with van der Waals surface area (Å²) in [4.78, 5) is 12.0. The van der Waals surface area contributed by atoms with Crippen LogP contribution in [-0.4, -0.2) is 43.8 Å². The van der Waals surface area contributed by atoms with Gasteiger partial charge in [0.05, 0.1) is 5.60 Å². The van der Waals surface area contributed by atoms with Gasteiger partial charge in [0.25, 0.3) is 5.91 Å². The van der Waals surface area contributed by atoms with Gasteiger partial charge in [0.2, 0.25) is 5.82 Å². The van der Waals surface area contributed by atoms with E-state index in [0.29, 0.717) is 24.2 Å². The number of rotatable bonds is 6. The van der Waals surface area contributed by atoms with Crippen LogP contribution in [0.2, 0.25) is 0 Å². The molecule has 0 radical (unpaired) electrons. The maximum Gasteiger partial charge on any atom is 0.251 e. The first-order valence-electron chi connectivity index (χ1n) is 6.92. The number of hydrogen-bond donors (Lipinski definition) is 3. The summed E-state index contributed by atoms with van der Waals surface area (Å²) in [6.07, 6.45) is 1.20. The minimum Gasteiger partial charge on any atom is -0.388 e. The lowest BCUT2D eigenvalue weighted by Gasteiger charge is -2.25. The summed E-state index contributed by atoms with van der Waals surface area (Å²) in [6.45, 7) is 4.04. The van der Waals surface area contributed by atoms with Crippen molar-refractivity contribution < 1.29 is 9.90 Å². The van der Waals surface area contributed by atoms with E-state index >= 15 is 0 Å². The molecule has 0 saturated heterocycles. The molecule has 1 heterocycles. The zero-order chi connectivity index (χ0) is 15.3. The van der Waals surface area contributed by atoms with Gasteiger partial charge in [-0.25, -0.2) is 0 Å². The zero-order valence-electron chi connectivity index (χ0n) is 12.1. The second-order valence-corrected chi connectivity index (χ2v) is 4.93. The maximum atomic E-state index is 12.0. The predicted octanol–water partition coefficient (Wildman–Crippen LogP) is 1.15. The Labute approximate surface area is 122 Å². The molecule has 1 aromatic carbocycles. The molecule has 2 rings (SSSR count). The van der Waals surface area contributed by atoms with E-state index in [-0.39, 0.29) is 12.5 Å². The van der Waals surface area contributed by atoms with Crippen LogP contribution in [-0.2, 0) is 0 Å². The molecular weight excluding hydrogens is 270 g/mol. The summed E-state index contributed by atoms with van der Waals surface area (Å²) < 4.78 is 0. The highest BCUT2D eigenvalue weighted by Crippen LogP contribution is 2.15. The minimum absolute atomic E-state index is 0.213. The van der Waals surface area contributed by atoms with Gasteiger partial charge >= 0.3 is 0 Å². The normalized spacial score (nSPS) is 11.4. The Bertz CT molecular complexity index is 576. The Morgan fingerprint density at radius 2 is 1.95 bits per heavy atom. The Morgan fingerprint density at radius 1 is 1.29 bits per heavy atom. The molecule has 3 N–H and O–H groups in total. The fourth-order valence-electron chi connectivity index (χ4n) is 1.90. The fourth-order valence-corrected chi connectivity index (χ4v) is 1.90. The number of aliphatic hydroxyl groups is 1. The molecule has 0 spiro atoms. The van der Waals surface area contributed by atoms with E-state index in [4.69, 9.17) is 0 Å². The lowest BCUT2D eigenvalue weighted by atomic mass is 9.97. The van der Waals surface area contributed by atoms with Crippen molar-refractivity contribution in [1.29, 1.82) is 0 Å². The van der Waals surface area contributed by atoms with Crippen molar-refractivity contribution in [3.8, 4) is 11.4 Å². The summed E-state index contributed by atoms with van der Waals surface area (Å²) in [7, 11) is 0. The third-order valence-electron chi connectivity index (χ3n) is 3.64. The van der Waals surface area contributed by atoms with Crippen molar-refractivity contribution in [2.75, 3.05) is 6.54 Å². The van der Waals surface area contributed by atoms with Crippen molar-refractivity contribution in [3.63, 3.8) is 0 Å². The first-order valence-corrected chi connectivity index (χ1v) is 6.92. The van der Waals surface area contributed by atoms with Gasteiger partial charge < -0.3 is 10.4 Å². The van der Waals surface area contributed by atoms with Crippen LogP contribution in [0.1, 0.15) is 37.0 Å². The van der Waals surface area contributed by atoms with E-state index in [1.807, 2.05) is 13.8 Å². The summed E-state index contributed by atoms with van der Waals surface area (Å²) in [5.41, 5.74) is 0.455. The second kappa shape index (κ2) is 6.45. The quantitative estimate of drug-likeness (QED) is 0.740. The van der Waals surface area contributed by atoms with Crippen LogP contribution in [0, 0.1) is 0 Å². The van der Waals surface area contributed by atoms with E-state index < -0.39 is 5.60 Å². The zero-order valence-corrected chi connectivity index (χ0v) is 12.1. The van der Waals surface area contributed by atoms with Crippen LogP contribution in [0.3, 0.4) is 0 Å². The van der Waals surface area contributed by atoms with Crippen LogP contribution in [0.15, 0.2) is 24.3 Å². The highest BCUT2D eigenvalue weighted by Gasteiger charge is 2.22. The standard InChI is InChI=1S/C14H19N5O2/c1-3-14(21,4-2)9-15-13(20)11-7-5-10(6-8-11)12-16-18-19-17-12/h5-8,21H,3-4,9H2,1-2H3,(H,15,20)(H,16,17,18,19). The smallest absolute Gasteiger partial charge is 0.251 e. The first kappa shape index (κ1) is 15.1. The molecule has 0 saturated carbocycles. The number of hydrogen-bond acceptors (Lipinski definition) is 5. The van der Waals surface area contributed by atoms with Gasteiger partial charge in [-0.3, -0.25) is 4.79 Å². The van der Waals surface area contributed by atoms with Gasteiger partial charge in [0.1, 0.15) is 0 Å². The molecule has 7 nitrogen and oxygen atoms in total. The molecule has 112 valence electrons. The van der Waals surface area contributed by atoms with Gasteiger partial charge in [-0.1, -0.05) is 26.0 Å². The largest absolute Gasteiger partial charge is 0.388 e. The Hall–Kier alpha value is -2.28. The van der Waals surface area contributed by atoms with Gasteiger partial charge in [-0.05, 0) is 30.2 Å². The number of aromatic amines is 1. The minimum atomic E-state index is -0.847. The van der Waals surface area contributed by atoms with Gasteiger partial charge in [-0.2, -0.15) is 5.21 Å². The van der Waals surface area contributed by atoms with Crippen molar-refractivity contribution in [1.82, 2.24) is 25.9 Å². The van der Waals surface area contributed by atoms with Crippen molar-refractivity contribution in [2.24, 2.45) is 0 Å². The monoisotopic (exact) mass is 289 g/mol. The Morgan fingerprint density at radius 3 is 2.48 bits per heavy atom. The van der Waals surface area contributed by atoms with Crippen LogP contribution in [0.5, 0.6) is 0 Å². The predicted molar refractivity (Wildman–Crippen MR) is 77.5 cm³/mol. The van der Waals surface area contributed by atoms with E-state index in [2.05, 4.69) is 25.9 Å². The summed E-state index contributed by atoms with van der Waals surface area (Å²) in [5.74, 6) is 0.267. The van der Waals surface area contributed by atoms with E-state index in [9.17, 15) is 9.90 Å². The van der Waals surface area contributed by atoms with Crippen LogP contribution < -0.4 is 5.32 Å². The molecule has 1 amide bonds. The van der Waals surface area contributed by atoms with Gasteiger partial charge in [0.15, 0.2) is 0 Å². The summed E-state index contributed by atoms with van der Waals surface area (Å²) in [6, 6.07) is 6.90. The SMILES string of the molecule is CCC(O)(CC)CNC(=O)c1ccc(-c2nn[nH]n2)cc1. The molecular formula is C14H19N5O2. The number of H-pyrrole nitrogens is 1. The Kier molecular flexibility index (Phi) is 4.64. The van der Waals surface area contributed by atoms with Crippen LogP contribution >= 0.6 is 0 Å². The molecule has 0 aliphatic heterocycles. The number of benzene rings is 1. The fraction of sp³-hybridized carbons (Fsp3) is 0.429. The van der Waals surface area contributed by atoms with Crippen molar-refractivity contribution in [3.05, 3.63) is 29.8 Å². The molecule has 0 atom stereocenters. The molecule has 7 heteroatoms. The highest BCUT2D eigenvalue weighted by atomic mass is 16.3. The molecule has 0 aliphatic carbocycles. The molecule has 0 unspecified atom stereocenters. The van der Waals surface area contributed by atoms with Gasteiger partial charge in [0, 0.05) is 17.7 Å². The average Bonchev–Trinajstić information content (AvgIpc) is 3.07. The third-order valence-corrected chi connectivity index (χ3v) is 3.64. The Balaban J connectivity index is 2.00. The van der Waals surface area contributed by atoms with E-state index in [1.54, 1.807) is 24.3 Å². The summed E-state index contributed by atoms with van der Waals surface area (Å²) >= 11 is 0. The van der Waals surface area contributed by atoms with Crippen molar-refractivity contribution >= 4 is 5.91 Å². The second-order valence-electron chi connectivity index (χ2n) is 4.93. The molecule has 0 bridgehead atoms. The van der Waals surface area contributed by atoms with E-state index in [0.717, 1.165) is 5.56 Å². The average molecular weight is 289 g/mol. The third kappa shape index (κ3) is 3.63. The lowest BCUT2D eigenvalue weighted by Crippen LogP contribution is -2.42. The highest BCUT2D eigenvalue weighted by molar-refractivity contribution is 5.94. The molecule has 1 aromatic heterocycles. The maximum absolute atomic E-state index is 12.0. The number of carbonyl (C=O) groups is 1. The topological polar surface area (TPSA) is 104 Å². The molecule has 0 aliphatic rings. The molecule has 0 fully saturated rings. The number of nitrogens with zero attached hydrogens (tertiary/aromatic N) is 3. The van der Waals surface area contributed by atoms with Crippen molar-refractivity contribution in [2.45, 2.75) is 32.3 Å². The number of aromatic nitrogens is 4. The summed E-state index contributed by atoms with van der Waals surface area (Å²) in [5, 5.41) is 26.5. The lowest BCUT2D eigenvalue weighted by molar-refractivity contribution is 0.0314. The van der Waals surface area contributed by atoms with Crippen LogP contribution in [0.4, 0.5) is 0 Å². The van der Waals surface area contributed by atoms with Crippen LogP contribution in [0.25, 0.3) is 11.4 Å². The van der Waals surface area contributed by atoms with E-state index in [1.165, 1.54) is 0 Å². The molecule has 2 aromatic rings. The molecule has 21 heavy (non-hydrogen) atoms. The number of tetrazole rings is 1. The van der Waals surface area contributed by atoms with Gasteiger partial charge in [-0.15, -0.1) is 10.2 Å². The number of amides is 1. The first-order chi connectivity index (χ1) is 10.1. The number of nitrogens with one attached hydrogen (secondary N) is 2.